The standard InChI is InChI=1S/C22H30N4O4/c1-16-7-8-19(29-16)18(26-9-11-27-12-10-26)14-25-22(23-2)24-13-17-15-28-20-5-3-4-6-21(20)30-17/h3-8,17-18H,9-15H2,1-2H3,(H2,23,24,25). The first kappa shape index (κ1) is 20.6. The van der Waals surface area contributed by atoms with Crippen molar-refractivity contribution in [2.75, 3.05) is 53.0 Å². The van der Waals surface area contributed by atoms with E-state index >= 15 is 0 Å². The molecule has 0 saturated carbocycles. The molecule has 0 amide bonds. The molecule has 30 heavy (non-hydrogen) atoms. The first-order valence-corrected chi connectivity index (χ1v) is 10.4. The highest BCUT2D eigenvalue weighted by atomic mass is 16.6. The van der Waals surface area contributed by atoms with Crippen LogP contribution >= 0.6 is 0 Å². The number of nitrogens with one attached hydrogen (secondary N) is 2. The number of benzene rings is 1. The van der Waals surface area contributed by atoms with E-state index in [4.69, 9.17) is 18.6 Å². The van der Waals surface area contributed by atoms with Gasteiger partial charge in [-0.05, 0) is 31.2 Å². The summed E-state index contributed by atoms with van der Waals surface area (Å²) < 4.78 is 23.2. The zero-order valence-electron chi connectivity index (χ0n) is 17.6. The van der Waals surface area contributed by atoms with Crippen molar-refractivity contribution in [3.05, 3.63) is 47.9 Å². The average molecular weight is 415 g/mol. The Bertz CT molecular complexity index is 847. The Hall–Kier alpha value is -2.71. The van der Waals surface area contributed by atoms with Gasteiger partial charge in [0.05, 0.1) is 25.8 Å². The lowest BCUT2D eigenvalue weighted by molar-refractivity contribution is 0.0124. The molecule has 8 heteroatoms. The molecule has 2 atom stereocenters. The molecule has 2 aliphatic rings. The van der Waals surface area contributed by atoms with E-state index in [1.165, 1.54) is 0 Å². The molecule has 2 N–H and O–H groups in total. The molecule has 2 aliphatic heterocycles. The number of rotatable bonds is 6. The molecule has 162 valence electrons. The third kappa shape index (κ3) is 5.06. The summed E-state index contributed by atoms with van der Waals surface area (Å²) in [5.74, 6) is 4.16. The van der Waals surface area contributed by atoms with E-state index in [2.05, 4.69) is 26.6 Å². The van der Waals surface area contributed by atoms with Crippen molar-refractivity contribution in [1.29, 1.82) is 0 Å². The van der Waals surface area contributed by atoms with Crippen LogP contribution in [0.1, 0.15) is 17.6 Å². The molecule has 0 radical (unpaired) electrons. The largest absolute Gasteiger partial charge is 0.486 e. The smallest absolute Gasteiger partial charge is 0.191 e. The predicted octanol–water partition coefficient (Wildman–Crippen LogP) is 1.97. The highest BCUT2D eigenvalue weighted by Crippen LogP contribution is 2.30. The fraction of sp³-hybridized carbons (Fsp3) is 0.500. The number of ether oxygens (including phenoxy) is 3. The maximum Gasteiger partial charge on any atom is 0.191 e. The van der Waals surface area contributed by atoms with Gasteiger partial charge in [0.15, 0.2) is 17.5 Å². The second-order valence-corrected chi connectivity index (χ2v) is 7.44. The first-order valence-electron chi connectivity index (χ1n) is 10.4. The van der Waals surface area contributed by atoms with Gasteiger partial charge in [-0.3, -0.25) is 9.89 Å². The summed E-state index contributed by atoms with van der Waals surface area (Å²) in [5, 5.41) is 6.78. The van der Waals surface area contributed by atoms with Gasteiger partial charge in [0.2, 0.25) is 0 Å². The summed E-state index contributed by atoms with van der Waals surface area (Å²) in [6.45, 7) is 6.98. The monoisotopic (exact) mass is 414 g/mol. The number of guanidine groups is 1. The third-order valence-electron chi connectivity index (χ3n) is 5.33. The molecule has 1 saturated heterocycles. The van der Waals surface area contributed by atoms with Gasteiger partial charge in [0.1, 0.15) is 24.2 Å². The number of furan rings is 1. The minimum atomic E-state index is -0.0822. The summed E-state index contributed by atoms with van der Waals surface area (Å²) in [4.78, 5) is 6.74. The Labute approximate surface area is 177 Å². The van der Waals surface area contributed by atoms with Crippen LogP contribution in [0.4, 0.5) is 0 Å². The van der Waals surface area contributed by atoms with Gasteiger partial charge in [0, 0.05) is 26.7 Å². The molecule has 1 fully saturated rings. The van der Waals surface area contributed by atoms with Crippen LogP contribution in [-0.2, 0) is 4.74 Å². The molecular weight excluding hydrogens is 384 g/mol. The van der Waals surface area contributed by atoms with Crippen molar-refractivity contribution in [3.8, 4) is 11.5 Å². The fourth-order valence-corrected chi connectivity index (χ4v) is 3.72. The van der Waals surface area contributed by atoms with Gasteiger partial charge in [-0.25, -0.2) is 0 Å². The summed E-state index contributed by atoms with van der Waals surface area (Å²) in [6, 6.07) is 11.9. The zero-order chi connectivity index (χ0) is 20.8. The van der Waals surface area contributed by atoms with Crippen LogP contribution in [0, 0.1) is 6.92 Å². The minimum absolute atomic E-state index is 0.0822. The summed E-state index contributed by atoms with van der Waals surface area (Å²) in [6.07, 6.45) is -0.0822. The van der Waals surface area contributed by atoms with Crippen molar-refractivity contribution < 1.29 is 18.6 Å². The van der Waals surface area contributed by atoms with E-state index in [0.29, 0.717) is 19.7 Å². The van der Waals surface area contributed by atoms with Crippen LogP contribution in [0.3, 0.4) is 0 Å². The van der Waals surface area contributed by atoms with E-state index in [9.17, 15) is 0 Å². The highest BCUT2D eigenvalue weighted by Gasteiger charge is 2.26. The number of morpholine rings is 1. The molecule has 3 heterocycles. The highest BCUT2D eigenvalue weighted by molar-refractivity contribution is 5.79. The number of hydrogen-bond donors (Lipinski definition) is 2. The van der Waals surface area contributed by atoms with Gasteiger partial charge in [-0.2, -0.15) is 0 Å². The van der Waals surface area contributed by atoms with Gasteiger partial charge in [-0.15, -0.1) is 0 Å². The van der Waals surface area contributed by atoms with Crippen molar-refractivity contribution in [2.24, 2.45) is 4.99 Å². The van der Waals surface area contributed by atoms with Crippen molar-refractivity contribution in [2.45, 2.75) is 19.1 Å². The molecule has 0 spiro atoms. The molecular formula is C22H30N4O4. The number of aryl methyl sites for hydroxylation is 1. The lowest BCUT2D eigenvalue weighted by Crippen LogP contribution is -2.48. The Balaban J connectivity index is 1.32. The van der Waals surface area contributed by atoms with Gasteiger partial charge >= 0.3 is 0 Å². The van der Waals surface area contributed by atoms with Gasteiger partial charge in [-0.1, -0.05) is 12.1 Å². The molecule has 2 aromatic rings. The number of hydrogen-bond acceptors (Lipinski definition) is 6. The van der Waals surface area contributed by atoms with Crippen LogP contribution in [-0.4, -0.2) is 70.0 Å². The second kappa shape index (κ2) is 9.86. The molecule has 1 aromatic heterocycles. The van der Waals surface area contributed by atoms with Gasteiger partial charge < -0.3 is 29.3 Å². The van der Waals surface area contributed by atoms with Crippen molar-refractivity contribution in [1.82, 2.24) is 15.5 Å². The molecule has 0 bridgehead atoms. The van der Waals surface area contributed by atoms with E-state index < -0.39 is 0 Å². The Morgan fingerprint density at radius 1 is 1.13 bits per heavy atom. The summed E-state index contributed by atoms with van der Waals surface area (Å²) >= 11 is 0. The summed E-state index contributed by atoms with van der Waals surface area (Å²) in [5.41, 5.74) is 0. The van der Waals surface area contributed by atoms with Crippen LogP contribution in [0.25, 0.3) is 0 Å². The normalized spacial score (nSPS) is 20.6. The van der Waals surface area contributed by atoms with E-state index in [1.54, 1.807) is 7.05 Å². The molecule has 2 unspecified atom stereocenters. The lowest BCUT2D eigenvalue weighted by atomic mass is 10.1. The second-order valence-electron chi connectivity index (χ2n) is 7.44. The van der Waals surface area contributed by atoms with E-state index in [0.717, 1.165) is 55.3 Å². The lowest BCUT2D eigenvalue weighted by Gasteiger charge is -2.33. The fourth-order valence-electron chi connectivity index (χ4n) is 3.72. The average Bonchev–Trinajstić information content (AvgIpc) is 3.22. The van der Waals surface area contributed by atoms with E-state index in [-0.39, 0.29) is 12.1 Å². The third-order valence-corrected chi connectivity index (χ3v) is 5.33. The molecule has 1 aromatic carbocycles. The van der Waals surface area contributed by atoms with Crippen molar-refractivity contribution >= 4 is 5.96 Å². The minimum Gasteiger partial charge on any atom is -0.486 e. The molecule has 0 aliphatic carbocycles. The Morgan fingerprint density at radius 3 is 2.67 bits per heavy atom. The number of fused-ring (bicyclic) bond motifs is 1. The quantitative estimate of drug-likeness (QED) is 0.553. The maximum atomic E-state index is 6.01. The Kier molecular flexibility index (Phi) is 6.76. The topological polar surface area (TPSA) is 80.5 Å². The van der Waals surface area contributed by atoms with Crippen LogP contribution in [0.2, 0.25) is 0 Å². The van der Waals surface area contributed by atoms with Crippen LogP contribution in [0.15, 0.2) is 45.8 Å². The number of aliphatic imine (C=N–C) groups is 1. The van der Waals surface area contributed by atoms with Crippen LogP contribution in [0.5, 0.6) is 11.5 Å². The van der Waals surface area contributed by atoms with Crippen molar-refractivity contribution in [3.63, 3.8) is 0 Å². The maximum absolute atomic E-state index is 6.01. The van der Waals surface area contributed by atoms with Gasteiger partial charge in [0.25, 0.3) is 0 Å². The SMILES string of the molecule is CN=C(NCC1COc2ccccc2O1)NCC(c1ccc(C)o1)N1CCOCC1. The van der Waals surface area contributed by atoms with E-state index in [1.807, 2.05) is 37.3 Å². The first-order chi connectivity index (χ1) is 14.7. The number of nitrogens with zero attached hydrogens (tertiary/aromatic N) is 2. The van der Waals surface area contributed by atoms with Crippen LogP contribution < -0.4 is 20.1 Å². The molecule has 8 nitrogen and oxygen atoms in total. The number of para-hydroxylation sites is 2. The predicted molar refractivity (Wildman–Crippen MR) is 114 cm³/mol. The zero-order valence-corrected chi connectivity index (χ0v) is 17.6. The Morgan fingerprint density at radius 2 is 1.93 bits per heavy atom. The molecule has 4 rings (SSSR count). The summed E-state index contributed by atoms with van der Waals surface area (Å²) in [7, 11) is 1.77.